The topological polar surface area (TPSA) is 52.9 Å². The molecule has 2 atom stereocenters. The molecule has 0 spiro atoms. The molecule has 0 saturated carbocycles. The fourth-order valence-corrected chi connectivity index (χ4v) is 2.89. The van der Waals surface area contributed by atoms with Crippen molar-refractivity contribution < 1.29 is 14.9 Å². The van der Waals surface area contributed by atoms with Crippen LogP contribution in [0.3, 0.4) is 0 Å². The van der Waals surface area contributed by atoms with E-state index in [1.165, 1.54) is 12.8 Å². The predicted octanol–water partition coefficient (Wildman–Crippen LogP) is 1.80. The number of ether oxygens (including phenoxy) is 1. The minimum Gasteiger partial charge on any atom is -0.395 e. The molecule has 0 radical (unpaired) electrons. The summed E-state index contributed by atoms with van der Waals surface area (Å²) in [4.78, 5) is 2.21. The van der Waals surface area contributed by atoms with Crippen molar-refractivity contribution >= 4 is 0 Å². The summed E-state index contributed by atoms with van der Waals surface area (Å²) in [5, 5.41) is 19.6. The average molecular weight is 293 g/mol. The van der Waals surface area contributed by atoms with E-state index in [0.717, 1.165) is 24.9 Å². The van der Waals surface area contributed by atoms with Gasteiger partial charge in [0.05, 0.1) is 25.9 Å². The zero-order valence-corrected chi connectivity index (χ0v) is 12.7. The lowest BCUT2D eigenvalue weighted by molar-refractivity contribution is -0.00273. The number of hydrogen-bond acceptors (Lipinski definition) is 4. The van der Waals surface area contributed by atoms with Crippen molar-refractivity contribution in [2.24, 2.45) is 0 Å². The zero-order chi connectivity index (χ0) is 14.9. The molecule has 1 aliphatic heterocycles. The summed E-state index contributed by atoms with van der Waals surface area (Å²) in [6.45, 7) is 2.59. The monoisotopic (exact) mass is 293 g/mol. The number of hydrogen-bond donors (Lipinski definition) is 2. The molecule has 1 aromatic rings. The van der Waals surface area contributed by atoms with Crippen LogP contribution < -0.4 is 0 Å². The highest BCUT2D eigenvalue weighted by molar-refractivity contribution is 5.13. The minimum atomic E-state index is -0.499. The van der Waals surface area contributed by atoms with Gasteiger partial charge in [0.2, 0.25) is 0 Å². The number of benzene rings is 1. The number of aliphatic hydroxyl groups excluding tert-OH is 2. The Hall–Kier alpha value is -0.940. The van der Waals surface area contributed by atoms with Crippen molar-refractivity contribution in [2.75, 3.05) is 26.3 Å². The maximum Gasteiger partial charge on any atom is 0.0900 e. The normalized spacial score (nSPS) is 21.9. The van der Waals surface area contributed by atoms with Crippen molar-refractivity contribution in [3.8, 4) is 0 Å². The van der Waals surface area contributed by atoms with Gasteiger partial charge >= 0.3 is 0 Å². The maximum absolute atomic E-state index is 10.1. The molecule has 0 amide bonds. The Morgan fingerprint density at radius 2 is 2.00 bits per heavy atom. The van der Waals surface area contributed by atoms with E-state index in [-0.39, 0.29) is 12.6 Å². The molecule has 4 heteroatoms. The lowest BCUT2D eigenvalue weighted by Crippen LogP contribution is -2.43. The highest BCUT2D eigenvalue weighted by atomic mass is 16.5. The molecular weight excluding hydrogens is 266 g/mol. The summed E-state index contributed by atoms with van der Waals surface area (Å²) in [5.41, 5.74) is 1.12. The first-order valence-electron chi connectivity index (χ1n) is 7.94. The number of rotatable bonds is 7. The van der Waals surface area contributed by atoms with Crippen LogP contribution in [0.1, 0.15) is 31.2 Å². The van der Waals surface area contributed by atoms with Crippen LogP contribution in [0.25, 0.3) is 0 Å². The summed E-state index contributed by atoms with van der Waals surface area (Å²) in [6, 6.07) is 10.2. The molecule has 2 rings (SSSR count). The van der Waals surface area contributed by atoms with Gasteiger partial charge in [0, 0.05) is 12.6 Å². The molecule has 1 heterocycles. The highest BCUT2D eigenvalue weighted by Gasteiger charge is 2.22. The molecule has 1 fully saturated rings. The SMILES string of the molecule is OCC1CCCCCN1CC(O)COCc1ccccc1. The second-order valence-corrected chi connectivity index (χ2v) is 5.84. The summed E-state index contributed by atoms with van der Waals surface area (Å²) in [5.74, 6) is 0. The third-order valence-corrected chi connectivity index (χ3v) is 4.08. The van der Waals surface area contributed by atoms with Crippen molar-refractivity contribution in [3.05, 3.63) is 35.9 Å². The Kier molecular flexibility index (Phi) is 7.16. The van der Waals surface area contributed by atoms with Gasteiger partial charge in [-0.2, -0.15) is 0 Å². The molecule has 2 unspecified atom stereocenters. The van der Waals surface area contributed by atoms with Crippen LogP contribution in [0.4, 0.5) is 0 Å². The average Bonchev–Trinajstić information content (AvgIpc) is 2.73. The van der Waals surface area contributed by atoms with Gasteiger partial charge in [-0.15, -0.1) is 0 Å². The molecule has 1 aliphatic rings. The van der Waals surface area contributed by atoms with Gasteiger partial charge in [0.1, 0.15) is 0 Å². The lowest BCUT2D eigenvalue weighted by Gasteiger charge is -2.30. The molecule has 1 aromatic carbocycles. The Morgan fingerprint density at radius 3 is 2.76 bits per heavy atom. The van der Waals surface area contributed by atoms with Crippen molar-refractivity contribution in [1.82, 2.24) is 4.90 Å². The fourth-order valence-electron chi connectivity index (χ4n) is 2.89. The largest absolute Gasteiger partial charge is 0.395 e. The van der Waals surface area contributed by atoms with Gasteiger partial charge in [-0.3, -0.25) is 4.90 Å². The van der Waals surface area contributed by atoms with E-state index in [2.05, 4.69) is 4.90 Å². The highest BCUT2D eigenvalue weighted by Crippen LogP contribution is 2.16. The second-order valence-electron chi connectivity index (χ2n) is 5.84. The summed E-state index contributed by atoms with van der Waals surface area (Å²) in [6.07, 6.45) is 4.05. The van der Waals surface area contributed by atoms with E-state index in [0.29, 0.717) is 19.8 Å². The van der Waals surface area contributed by atoms with Crippen LogP contribution in [0.2, 0.25) is 0 Å². The molecule has 4 nitrogen and oxygen atoms in total. The molecule has 0 aliphatic carbocycles. The summed E-state index contributed by atoms with van der Waals surface area (Å²) in [7, 11) is 0. The van der Waals surface area contributed by atoms with E-state index >= 15 is 0 Å². The van der Waals surface area contributed by atoms with Crippen LogP contribution in [-0.4, -0.2) is 53.6 Å². The van der Waals surface area contributed by atoms with Crippen molar-refractivity contribution in [2.45, 2.75) is 44.4 Å². The first-order valence-corrected chi connectivity index (χ1v) is 7.94. The Balaban J connectivity index is 1.71. The van der Waals surface area contributed by atoms with Crippen LogP contribution in [-0.2, 0) is 11.3 Å². The number of likely N-dealkylation sites (tertiary alicyclic amines) is 1. The fraction of sp³-hybridized carbons (Fsp3) is 0.647. The zero-order valence-electron chi connectivity index (χ0n) is 12.7. The van der Waals surface area contributed by atoms with Crippen LogP contribution in [0.5, 0.6) is 0 Å². The molecule has 0 bridgehead atoms. The van der Waals surface area contributed by atoms with Crippen LogP contribution in [0.15, 0.2) is 30.3 Å². The van der Waals surface area contributed by atoms with Gasteiger partial charge < -0.3 is 14.9 Å². The predicted molar refractivity (Wildman–Crippen MR) is 83.0 cm³/mol. The lowest BCUT2D eigenvalue weighted by atomic mass is 10.1. The number of aliphatic hydroxyl groups is 2. The first-order chi connectivity index (χ1) is 10.3. The molecule has 0 aromatic heterocycles. The quantitative estimate of drug-likeness (QED) is 0.805. The van der Waals surface area contributed by atoms with Gasteiger partial charge in [-0.1, -0.05) is 43.2 Å². The standard InChI is InChI=1S/C17H27NO3/c19-12-16-9-5-2-6-10-18(16)11-17(20)14-21-13-15-7-3-1-4-8-15/h1,3-4,7-8,16-17,19-20H,2,5-6,9-14H2. The van der Waals surface area contributed by atoms with Crippen LogP contribution in [0, 0.1) is 0 Å². The van der Waals surface area contributed by atoms with E-state index in [1.54, 1.807) is 0 Å². The molecule has 1 saturated heterocycles. The number of β-amino-alcohol motifs (C(OH)–C–C–N with tert-alkyl or cyclic N) is 1. The number of nitrogens with zero attached hydrogens (tertiary/aromatic N) is 1. The third-order valence-electron chi connectivity index (χ3n) is 4.08. The summed E-state index contributed by atoms with van der Waals surface area (Å²) < 4.78 is 5.58. The van der Waals surface area contributed by atoms with Gasteiger partial charge in [-0.25, -0.2) is 0 Å². The first kappa shape index (κ1) is 16.4. The van der Waals surface area contributed by atoms with Gasteiger partial charge in [0.15, 0.2) is 0 Å². The van der Waals surface area contributed by atoms with E-state index in [4.69, 9.17) is 4.74 Å². The van der Waals surface area contributed by atoms with E-state index < -0.39 is 6.10 Å². The van der Waals surface area contributed by atoms with Gasteiger partial charge in [-0.05, 0) is 24.9 Å². The molecule has 118 valence electrons. The Bertz CT molecular complexity index is 385. The molecule has 21 heavy (non-hydrogen) atoms. The smallest absolute Gasteiger partial charge is 0.0900 e. The third kappa shape index (κ3) is 5.75. The second kappa shape index (κ2) is 9.15. The minimum absolute atomic E-state index is 0.178. The van der Waals surface area contributed by atoms with E-state index in [9.17, 15) is 10.2 Å². The Labute approximate surface area is 127 Å². The summed E-state index contributed by atoms with van der Waals surface area (Å²) >= 11 is 0. The molecular formula is C17H27NO3. The van der Waals surface area contributed by atoms with Crippen molar-refractivity contribution in [3.63, 3.8) is 0 Å². The van der Waals surface area contributed by atoms with Crippen LogP contribution >= 0.6 is 0 Å². The van der Waals surface area contributed by atoms with E-state index in [1.807, 2.05) is 30.3 Å². The Morgan fingerprint density at radius 1 is 1.19 bits per heavy atom. The van der Waals surface area contributed by atoms with Crippen molar-refractivity contribution in [1.29, 1.82) is 0 Å². The maximum atomic E-state index is 10.1. The molecule has 2 N–H and O–H groups in total. The van der Waals surface area contributed by atoms with Gasteiger partial charge in [0.25, 0.3) is 0 Å².